The number of hydrogen-bond acceptors (Lipinski definition) is 5. The first-order valence-electron chi connectivity index (χ1n) is 12.4. The molecule has 2 fully saturated rings. The van der Waals surface area contributed by atoms with Crippen LogP contribution in [0.5, 0.6) is 0 Å². The summed E-state index contributed by atoms with van der Waals surface area (Å²) in [6.45, 7) is 9.14. The Balaban J connectivity index is 1.37. The molecular weight excluding hydrogens is 446 g/mol. The summed E-state index contributed by atoms with van der Waals surface area (Å²) in [5.74, 6) is 1.59. The quantitative estimate of drug-likeness (QED) is 0.655. The number of carbonyl (C=O) groups is 1. The largest absolute Gasteiger partial charge is 0.350 e. The van der Waals surface area contributed by atoms with Crippen molar-refractivity contribution in [3.05, 3.63) is 71.3 Å². The van der Waals surface area contributed by atoms with Crippen LogP contribution in [0.25, 0.3) is 0 Å². The van der Waals surface area contributed by atoms with Gasteiger partial charge in [0.1, 0.15) is 6.04 Å². The van der Waals surface area contributed by atoms with Gasteiger partial charge in [0.15, 0.2) is 9.84 Å². The van der Waals surface area contributed by atoms with Crippen molar-refractivity contribution in [1.29, 1.82) is 0 Å². The lowest BCUT2D eigenvalue weighted by Gasteiger charge is -2.35. The number of piperidine rings is 1. The molecule has 1 amide bonds. The maximum absolute atomic E-state index is 13.3. The normalized spacial score (nSPS) is 24.4. The van der Waals surface area contributed by atoms with E-state index in [9.17, 15) is 13.2 Å². The van der Waals surface area contributed by atoms with Gasteiger partial charge in [0.2, 0.25) is 5.91 Å². The van der Waals surface area contributed by atoms with E-state index < -0.39 is 15.9 Å². The number of rotatable bonds is 7. The minimum Gasteiger partial charge on any atom is -0.350 e. The fourth-order valence-corrected chi connectivity index (χ4v) is 6.61. The summed E-state index contributed by atoms with van der Waals surface area (Å²) in [4.78, 5) is 17.8. The summed E-state index contributed by atoms with van der Waals surface area (Å²) in [5.41, 5.74) is 3.25. The molecule has 2 aromatic rings. The van der Waals surface area contributed by atoms with Crippen molar-refractivity contribution in [2.45, 2.75) is 39.4 Å². The van der Waals surface area contributed by atoms with E-state index in [-0.39, 0.29) is 17.4 Å². The lowest BCUT2D eigenvalue weighted by atomic mass is 9.91. The van der Waals surface area contributed by atoms with Crippen LogP contribution in [0.2, 0.25) is 0 Å². The van der Waals surface area contributed by atoms with Crippen molar-refractivity contribution in [2.75, 3.05) is 37.7 Å². The number of hydrogen-bond donors (Lipinski definition) is 1. The third kappa shape index (κ3) is 6.68. The van der Waals surface area contributed by atoms with Crippen molar-refractivity contribution in [2.24, 2.45) is 11.8 Å². The summed E-state index contributed by atoms with van der Waals surface area (Å²) in [6.07, 6.45) is 1.31. The van der Waals surface area contributed by atoms with Crippen LogP contribution in [0.15, 0.2) is 54.6 Å². The Morgan fingerprint density at radius 2 is 1.53 bits per heavy atom. The second-order valence-electron chi connectivity index (χ2n) is 10.2. The average Bonchev–Trinajstić information content (AvgIpc) is 2.80. The van der Waals surface area contributed by atoms with Crippen LogP contribution in [0.4, 0.5) is 0 Å². The fourth-order valence-electron chi connectivity index (χ4n) is 5.38. The Bertz CT molecular complexity index is 1030. The van der Waals surface area contributed by atoms with Gasteiger partial charge in [-0.1, -0.05) is 68.4 Å². The van der Waals surface area contributed by atoms with Crippen LogP contribution >= 0.6 is 0 Å². The zero-order valence-corrected chi connectivity index (χ0v) is 21.1. The maximum atomic E-state index is 13.3. The van der Waals surface area contributed by atoms with E-state index >= 15 is 0 Å². The average molecular weight is 484 g/mol. The van der Waals surface area contributed by atoms with Crippen LogP contribution in [-0.4, -0.2) is 61.8 Å². The van der Waals surface area contributed by atoms with E-state index in [4.69, 9.17) is 0 Å². The first-order valence-corrected chi connectivity index (χ1v) is 14.2. The molecule has 2 aromatic carbocycles. The highest BCUT2D eigenvalue weighted by Gasteiger charge is 2.32. The van der Waals surface area contributed by atoms with Crippen LogP contribution < -0.4 is 5.32 Å². The second-order valence-corrected chi connectivity index (χ2v) is 12.5. The van der Waals surface area contributed by atoms with E-state index in [1.54, 1.807) is 0 Å². The van der Waals surface area contributed by atoms with E-state index in [1.807, 2.05) is 35.2 Å². The SMILES string of the molecule is CC1CC(C)CN(Cc2ccc(CNC(=O)C(c3ccccc3)N3CCS(=O)(=O)CC3)cc2)C1. The molecule has 0 saturated carbocycles. The van der Waals surface area contributed by atoms with E-state index in [0.717, 1.165) is 42.6 Å². The van der Waals surface area contributed by atoms with E-state index in [2.05, 4.69) is 48.3 Å². The summed E-state index contributed by atoms with van der Waals surface area (Å²) in [6, 6.07) is 17.7. The van der Waals surface area contributed by atoms with Gasteiger partial charge in [0.05, 0.1) is 11.5 Å². The number of carbonyl (C=O) groups excluding carboxylic acids is 1. The van der Waals surface area contributed by atoms with Gasteiger partial charge in [0, 0.05) is 39.3 Å². The van der Waals surface area contributed by atoms with Gasteiger partial charge in [-0.3, -0.25) is 14.6 Å². The molecule has 0 radical (unpaired) electrons. The highest BCUT2D eigenvalue weighted by molar-refractivity contribution is 7.91. The van der Waals surface area contributed by atoms with Crippen molar-refractivity contribution in [3.63, 3.8) is 0 Å². The molecule has 4 rings (SSSR count). The molecule has 1 N–H and O–H groups in total. The molecule has 0 aliphatic carbocycles. The number of likely N-dealkylation sites (tertiary alicyclic amines) is 1. The highest BCUT2D eigenvalue weighted by Crippen LogP contribution is 2.24. The molecule has 34 heavy (non-hydrogen) atoms. The van der Waals surface area contributed by atoms with E-state index in [1.165, 1.54) is 12.0 Å². The molecule has 2 aliphatic heterocycles. The summed E-state index contributed by atoms with van der Waals surface area (Å²) >= 11 is 0. The van der Waals surface area contributed by atoms with Crippen LogP contribution in [0.1, 0.15) is 43.0 Å². The van der Waals surface area contributed by atoms with Crippen molar-refractivity contribution in [3.8, 4) is 0 Å². The van der Waals surface area contributed by atoms with Gasteiger partial charge >= 0.3 is 0 Å². The van der Waals surface area contributed by atoms with Gasteiger partial charge in [-0.15, -0.1) is 0 Å². The summed E-state index contributed by atoms with van der Waals surface area (Å²) < 4.78 is 23.8. The Labute approximate surface area is 204 Å². The zero-order chi connectivity index (χ0) is 24.1. The number of amides is 1. The highest BCUT2D eigenvalue weighted by atomic mass is 32.2. The molecule has 184 valence electrons. The molecule has 3 unspecified atom stereocenters. The lowest BCUT2D eigenvalue weighted by Crippen LogP contribution is -2.47. The molecule has 2 heterocycles. The zero-order valence-electron chi connectivity index (χ0n) is 20.3. The number of sulfone groups is 1. The van der Waals surface area contributed by atoms with Crippen LogP contribution in [-0.2, 0) is 27.7 Å². The molecular formula is C27H37N3O3S. The lowest BCUT2D eigenvalue weighted by molar-refractivity contribution is -0.126. The van der Waals surface area contributed by atoms with Crippen LogP contribution in [0, 0.1) is 11.8 Å². The van der Waals surface area contributed by atoms with E-state index in [0.29, 0.717) is 19.6 Å². The molecule has 6 nitrogen and oxygen atoms in total. The van der Waals surface area contributed by atoms with Crippen molar-refractivity contribution < 1.29 is 13.2 Å². The number of benzene rings is 2. The van der Waals surface area contributed by atoms with Gasteiger partial charge in [-0.2, -0.15) is 0 Å². The molecule has 7 heteroatoms. The molecule has 3 atom stereocenters. The summed E-state index contributed by atoms with van der Waals surface area (Å²) in [5, 5.41) is 3.09. The number of nitrogens with one attached hydrogen (secondary N) is 1. The molecule has 0 spiro atoms. The minimum absolute atomic E-state index is 0.0918. The first-order chi connectivity index (χ1) is 16.3. The third-order valence-corrected chi connectivity index (χ3v) is 8.56. The minimum atomic E-state index is -3.01. The predicted molar refractivity (Wildman–Crippen MR) is 136 cm³/mol. The predicted octanol–water partition coefficient (Wildman–Crippen LogP) is 3.25. The monoisotopic (exact) mass is 483 g/mol. The fraction of sp³-hybridized carbons (Fsp3) is 0.519. The molecule has 2 saturated heterocycles. The summed E-state index contributed by atoms with van der Waals surface area (Å²) in [7, 11) is -3.01. The standard InChI is InChI=1S/C27H37N3O3S/c1-21-16-22(2)19-29(18-21)20-24-10-8-23(9-11-24)17-28-27(31)26(25-6-4-3-5-7-25)30-12-14-34(32,33)15-13-30/h3-11,21-22,26H,12-20H2,1-2H3,(H,28,31). The third-order valence-electron chi connectivity index (χ3n) is 6.95. The second kappa shape index (κ2) is 11.0. The Hall–Kier alpha value is -2.22. The topological polar surface area (TPSA) is 69.7 Å². The van der Waals surface area contributed by atoms with Gasteiger partial charge < -0.3 is 5.32 Å². The first kappa shape index (κ1) is 24.9. The number of nitrogens with zero attached hydrogens (tertiary/aromatic N) is 2. The van der Waals surface area contributed by atoms with Crippen molar-refractivity contribution >= 4 is 15.7 Å². The molecule has 0 aromatic heterocycles. The smallest absolute Gasteiger partial charge is 0.242 e. The molecule has 2 aliphatic rings. The Morgan fingerprint density at radius 1 is 0.941 bits per heavy atom. The van der Waals surface area contributed by atoms with Gasteiger partial charge in [-0.05, 0) is 34.9 Å². The van der Waals surface area contributed by atoms with Crippen molar-refractivity contribution in [1.82, 2.24) is 15.1 Å². The van der Waals surface area contributed by atoms with Gasteiger partial charge in [-0.25, -0.2) is 8.42 Å². The Morgan fingerprint density at radius 3 is 2.15 bits per heavy atom. The van der Waals surface area contributed by atoms with Gasteiger partial charge in [0.25, 0.3) is 0 Å². The Kier molecular flexibility index (Phi) is 8.06. The van der Waals surface area contributed by atoms with Crippen LogP contribution in [0.3, 0.4) is 0 Å². The maximum Gasteiger partial charge on any atom is 0.242 e. The molecule has 0 bridgehead atoms.